The number of unbranched alkanes of at least 4 members (excludes halogenated alkanes) is 10. The Morgan fingerprint density at radius 2 is 0.810 bits per heavy atom. The first-order valence-corrected chi connectivity index (χ1v) is 15.8. The summed E-state index contributed by atoms with van der Waals surface area (Å²) in [4.78, 5) is 0. The van der Waals surface area contributed by atoms with Crippen molar-refractivity contribution >= 4 is 25.2 Å². The predicted octanol–water partition coefficient (Wildman–Crippen LogP) is 5.86. The van der Waals surface area contributed by atoms with Crippen molar-refractivity contribution in [1.82, 2.24) is 0 Å². The Hall–Kier alpha value is -2.77. The van der Waals surface area contributed by atoms with Crippen LogP contribution in [0, 0.1) is 0 Å². The Morgan fingerprint density at radius 1 is 0.476 bits per heavy atom. The van der Waals surface area contributed by atoms with E-state index in [0.29, 0.717) is 24.1 Å². The molecular formula is C34H48B2O6. The summed E-state index contributed by atoms with van der Waals surface area (Å²) in [6, 6.07) is 18.4. The maximum atomic E-state index is 9.59. The molecule has 3 aromatic carbocycles. The topological polar surface area (TPSA) is 99.4 Å². The van der Waals surface area contributed by atoms with Crippen molar-refractivity contribution in [3.05, 3.63) is 60.7 Å². The predicted molar refractivity (Wildman–Crippen MR) is 175 cm³/mol. The lowest BCUT2D eigenvalue weighted by molar-refractivity contribution is 0.298. The third kappa shape index (κ3) is 10.8. The highest BCUT2D eigenvalue weighted by molar-refractivity contribution is 6.59. The summed E-state index contributed by atoms with van der Waals surface area (Å²) in [7, 11) is -3.05. The zero-order valence-corrected chi connectivity index (χ0v) is 25.4. The van der Waals surface area contributed by atoms with Crippen molar-refractivity contribution in [3.63, 3.8) is 0 Å². The summed E-state index contributed by atoms with van der Waals surface area (Å²) in [5.74, 6) is 1.46. The SMILES string of the molecule is CCCCCCCCOc1cc(-c2ccc(B(O)O)cc2)c(OCCCCCCCC)cc1-c1ccc(B(O)O)cc1. The zero-order chi connectivity index (χ0) is 30.2. The zero-order valence-electron chi connectivity index (χ0n) is 25.4. The van der Waals surface area contributed by atoms with E-state index in [1.165, 1.54) is 51.4 Å². The van der Waals surface area contributed by atoms with Crippen LogP contribution in [-0.2, 0) is 0 Å². The molecule has 0 atom stereocenters. The highest BCUT2D eigenvalue weighted by Crippen LogP contribution is 2.41. The minimum Gasteiger partial charge on any atom is -0.493 e. The van der Waals surface area contributed by atoms with Gasteiger partial charge in [0.1, 0.15) is 11.5 Å². The van der Waals surface area contributed by atoms with Crippen LogP contribution >= 0.6 is 0 Å². The van der Waals surface area contributed by atoms with Crippen LogP contribution in [0.4, 0.5) is 0 Å². The smallest absolute Gasteiger partial charge is 0.488 e. The van der Waals surface area contributed by atoms with Gasteiger partial charge in [-0.05, 0) is 47.0 Å². The summed E-state index contributed by atoms with van der Waals surface area (Å²) in [5.41, 5.74) is 4.40. The molecule has 226 valence electrons. The van der Waals surface area contributed by atoms with Gasteiger partial charge in [0, 0.05) is 11.1 Å². The molecule has 6 nitrogen and oxygen atoms in total. The van der Waals surface area contributed by atoms with Gasteiger partial charge >= 0.3 is 14.2 Å². The number of hydrogen-bond donors (Lipinski definition) is 4. The molecule has 3 aromatic rings. The lowest BCUT2D eigenvalue weighted by Crippen LogP contribution is -2.29. The Balaban J connectivity index is 1.92. The molecule has 3 rings (SSSR count). The third-order valence-corrected chi connectivity index (χ3v) is 7.63. The fourth-order valence-corrected chi connectivity index (χ4v) is 5.05. The average Bonchev–Trinajstić information content (AvgIpc) is 3.00. The Morgan fingerprint density at radius 3 is 1.14 bits per heavy atom. The van der Waals surface area contributed by atoms with Gasteiger partial charge in [0.15, 0.2) is 0 Å². The number of ether oxygens (including phenoxy) is 2. The van der Waals surface area contributed by atoms with E-state index in [1.807, 2.05) is 36.4 Å². The van der Waals surface area contributed by atoms with Gasteiger partial charge in [-0.1, -0.05) is 127 Å². The van der Waals surface area contributed by atoms with E-state index in [9.17, 15) is 20.1 Å². The first kappa shape index (κ1) is 33.7. The molecule has 4 N–H and O–H groups in total. The van der Waals surface area contributed by atoms with E-state index in [-0.39, 0.29) is 0 Å². The Kier molecular flexibility index (Phi) is 15.0. The van der Waals surface area contributed by atoms with Gasteiger partial charge in [-0.2, -0.15) is 0 Å². The quantitative estimate of drug-likeness (QED) is 0.0998. The van der Waals surface area contributed by atoms with Gasteiger partial charge in [-0.3, -0.25) is 0 Å². The summed E-state index contributed by atoms with van der Waals surface area (Å²) >= 11 is 0. The first-order chi connectivity index (χ1) is 20.4. The van der Waals surface area contributed by atoms with E-state index in [4.69, 9.17) is 9.47 Å². The lowest BCUT2D eigenvalue weighted by atomic mass is 9.79. The normalized spacial score (nSPS) is 11.0. The highest BCUT2D eigenvalue weighted by Gasteiger charge is 2.18. The van der Waals surface area contributed by atoms with Crippen molar-refractivity contribution in [3.8, 4) is 33.8 Å². The van der Waals surface area contributed by atoms with E-state index in [2.05, 4.69) is 13.8 Å². The number of rotatable bonds is 20. The van der Waals surface area contributed by atoms with Crippen molar-refractivity contribution in [2.24, 2.45) is 0 Å². The van der Waals surface area contributed by atoms with Gasteiger partial charge in [0.25, 0.3) is 0 Å². The van der Waals surface area contributed by atoms with Crippen LogP contribution in [0.5, 0.6) is 11.5 Å². The molecule has 0 unspecified atom stereocenters. The molecule has 8 heteroatoms. The van der Waals surface area contributed by atoms with Gasteiger partial charge in [-0.25, -0.2) is 0 Å². The molecule has 0 saturated heterocycles. The van der Waals surface area contributed by atoms with E-state index in [0.717, 1.165) is 59.4 Å². The summed E-state index contributed by atoms with van der Waals surface area (Å²) in [5, 5.41) is 38.4. The molecule has 0 fully saturated rings. The molecule has 0 amide bonds. The molecular weight excluding hydrogens is 526 g/mol. The van der Waals surface area contributed by atoms with Crippen LogP contribution in [0.1, 0.15) is 90.9 Å². The van der Waals surface area contributed by atoms with Crippen LogP contribution in [0.3, 0.4) is 0 Å². The van der Waals surface area contributed by atoms with E-state index >= 15 is 0 Å². The summed E-state index contributed by atoms with van der Waals surface area (Å²) in [6.07, 6.45) is 14.0. The van der Waals surface area contributed by atoms with Crippen molar-refractivity contribution in [1.29, 1.82) is 0 Å². The van der Waals surface area contributed by atoms with Crippen LogP contribution in [-0.4, -0.2) is 47.5 Å². The second kappa shape index (κ2) is 18.7. The maximum Gasteiger partial charge on any atom is 0.488 e. The Bertz CT molecular complexity index is 1070. The van der Waals surface area contributed by atoms with Crippen molar-refractivity contribution in [2.75, 3.05) is 13.2 Å². The number of benzene rings is 3. The fourth-order valence-electron chi connectivity index (χ4n) is 5.05. The van der Waals surface area contributed by atoms with Crippen molar-refractivity contribution < 1.29 is 29.6 Å². The molecule has 0 aliphatic rings. The largest absolute Gasteiger partial charge is 0.493 e. The van der Waals surface area contributed by atoms with Gasteiger partial charge in [-0.15, -0.1) is 0 Å². The van der Waals surface area contributed by atoms with E-state index < -0.39 is 14.2 Å². The second-order valence-electron chi connectivity index (χ2n) is 11.1. The highest BCUT2D eigenvalue weighted by atomic mass is 16.5. The van der Waals surface area contributed by atoms with Crippen LogP contribution in [0.15, 0.2) is 60.7 Å². The average molecular weight is 574 g/mol. The molecule has 0 bridgehead atoms. The third-order valence-electron chi connectivity index (χ3n) is 7.63. The van der Waals surface area contributed by atoms with Gasteiger partial charge in [0.05, 0.1) is 13.2 Å². The molecule has 42 heavy (non-hydrogen) atoms. The van der Waals surface area contributed by atoms with E-state index in [1.54, 1.807) is 24.3 Å². The Labute approximate surface area is 253 Å². The number of hydrogen-bond acceptors (Lipinski definition) is 6. The molecule has 0 heterocycles. The van der Waals surface area contributed by atoms with Gasteiger partial charge < -0.3 is 29.6 Å². The van der Waals surface area contributed by atoms with Crippen LogP contribution < -0.4 is 20.4 Å². The first-order valence-electron chi connectivity index (χ1n) is 15.8. The van der Waals surface area contributed by atoms with Crippen LogP contribution in [0.25, 0.3) is 22.3 Å². The molecule has 0 aliphatic heterocycles. The summed E-state index contributed by atoms with van der Waals surface area (Å²) < 4.78 is 12.8. The lowest BCUT2D eigenvalue weighted by Gasteiger charge is -2.19. The minimum atomic E-state index is -1.53. The molecule has 0 saturated carbocycles. The molecule has 0 radical (unpaired) electrons. The van der Waals surface area contributed by atoms with Gasteiger partial charge in [0.2, 0.25) is 0 Å². The second-order valence-corrected chi connectivity index (χ2v) is 11.1. The van der Waals surface area contributed by atoms with Crippen LogP contribution in [0.2, 0.25) is 0 Å². The minimum absolute atomic E-state index is 0.427. The molecule has 0 spiro atoms. The summed E-state index contributed by atoms with van der Waals surface area (Å²) in [6.45, 7) is 5.63. The van der Waals surface area contributed by atoms with Crippen molar-refractivity contribution in [2.45, 2.75) is 90.9 Å². The maximum absolute atomic E-state index is 9.59. The fraction of sp³-hybridized carbons (Fsp3) is 0.471. The molecule has 0 aromatic heterocycles. The monoisotopic (exact) mass is 574 g/mol. The standard InChI is InChI=1S/C34H48B2O6/c1-3-5-7-9-11-13-23-41-33-25-32(28-17-21-30(22-18-28)36(39)40)34(42-24-14-12-10-8-6-4-2)26-31(33)27-15-19-29(20-16-27)35(37)38/h15-22,25-26,37-40H,3-14,23-24H2,1-2H3. The molecule has 0 aliphatic carbocycles.